The second kappa shape index (κ2) is 4.03. The van der Waals surface area contributed by atoms with E-state index in [-0.39, 0.29) is 17.4 Å². The van der Waals surface area contributed by atoms with Crippen molar-refractivity contribution in [3.05, 3.63) is 21.9 Å². The van der Waals surface area contributed by atoms with Crippen LogP contribution in [-0.4, -0.2) is 5.11 Å². The van der Waals surface area contributed by atoms with Gasteiger partial charge in [-0.05, 0) is 35.3 Å². The van der Waals surface area contributed by atoms with Gasteiger partial charge in [-0.15, -0.1) is 11.3 Å². The normalized spacial score (nSPS) is 16.7. The molecule has 0 aromatic carbocycles. The molecule has 2 atom stereocenters. The zero-order chi connectivity index (χ0) is 10.9. The van der Waals surface area contributed by atoms with Gasteiger partial charge < -0.3 is 5.11 Å². The van der Waals surface area contributed by atoms with Gasteiger partial charge in [0.2, 0.25) is 0 Å². The van der Waals surface area contributed by atoms with Crippen molar-refractivity contribution in [3.8, 4) is 0 Å². The largest absolute Gasteiger partial charge is 0.387 e. The van der Waals surface area contributed by atoms with E-state index in [2.05, 4.69) is 40.7 Å². The van der Waals surface area contributed by atoms with Crippen LogP contribution in [0, 0.1) is 18.3 Å². The summed E-state index contributed by atoms with van der Waals surface area (Å²) in [5.74, 6) is 0.278. The fraction of sp³-hybridized carbons (Fsp3) is 0.667. The number of hydrogen-bond donors (Lipinski definition) is 1. The first-order chi connectivity index (χ1) is 6.34. The summed E-state index contributed by atoms with van der Waals surface area (Å²) in [6.07, 6.45) is -0.324. The molecule has 0 aliphatic heterocycles. The van der Waals surface area contributed by atoms with E-state index in [1.165, 1.54) is 5.56 Å². The molecule has 0 amide bonds. The summed E-state index contributed by atoms with van der Waals surface area (Å²) < 4.78 is 0. The molecule has 0 spiro atoms. The van der Waals surface area contributed by atoms with E-state index in [4.69, 9.17) is 0 Å². The molecule has 0 fully saturated rings. The molecule has 0 saturated heterocycles. The molecular weight excluding hydrogens is 192 g/mol. The molecule has 1 nitrogen and oxygen atoms in total. The third kappa shape index (κ3) is 2.37. The molecule has 0 aliphatic carbocycles. The van der Waals surface area contributed by atoms with Crippen LogP contribution in [0.1, 0.15) is 44.2 Å². The summed E-state index contributed by atoms with van der Waals surface area (Å²) in [5.41, 5.74) is 1.36. The lowest BCUT2D eigenvalue weighted by molar-refractivity contribution is 0.0558. The van der Waals surface area contributed by atoms with E-state index in [9.17, 15) is 5.11 Å². The van der Waals surface area contributed by atoms with Gasteiger partial charge in [-0.2, -0.15) is 0 Å². The van der Waals surface area contributed by atoms with Crippen molar-refractivity contribution in [2.45, 2.75) is 40.7 Å². The van der Waals surface area contributed by atoms with Crippen molar-refractivity contribution in [1.82, 2.24) is 0 Å². The molecule has 80 valence electrons. The predicted octanol–water partition coefficient (Wildman–Crippen LogP) is 3.77. The molecule has 0 saturated carbocycles. The fourth-order valence-electron chi connectivity index (χ4n) is 1.39. The Bertz CT molecular complexity index is 296. The van der Waals surface area contributed by atoms with Crippen molar-refractivity contribution < 1.29 is 5.11 Å². The van der Waals surface area contributed by atoms with Crippen LogP contribution >= 0.6 is 11.3 Å². The zero-order valence-electron chi connectivity index (χ0n) is 9.66. The van der Waals surface area contributed by atoms with Crippen molar-refractivity contribution in [2.75, 3.05) is 0 Å². The molecule has 1 aromatic heterocycles. The maximum Gasteiger partial charge on any atom is 0.0915 e. The fourth-order valence-corrected chi connectivity index (χ4v) is 2.40. The molecule has 0 aliphatic rings. The minimum Gasteiger partial charge on any atom is -0.387 e. The summed E-state index contributed by atoms with van der Waals surface area (Å²) in [7, 11) is 0. The third-order valence-electron chi connectivity index (χ3n) is 3.01. The lowest BCUT2D eigenvalue weighted by Gasteiger charge is -2.31. The van der Waals surface area contributed by atoms with Crippen LogP contribution in [0.4, 0.5) is 0 Å². The summed E-state index contributed by atoms with van der Waals surface area (Å²) in [5, 5.41) is 12.2. The van der Waals surface area contributed by atoms with Crippen LogP contribution in [0.3, 0.4) is 0 Å². The molecular formula is C12H20OS. The second-order valence-corrected chi connectivity index (χ2v) is 6.02. The molecule has 1 rings (SSSR count). The SMILES string of the molecule is Cc1ccsc1C(O)C(C)C(C)(C)C. The standard InChI is InChI=1S/C12H20OS/c1-8-6-7-14-11(8)10(13)9(2)12(3,4)5/h6-7,9-10,13H,1-5H3. The minimum absolute atomic E-state index is 0.149. The van der Waals surface area contributed by atoms with E-state index in [0.29, 0.717) is 0 Å². The van der Waals surface area contributed by atoms with E-state index in [1.54, 1.807) is 11.3 Å². The highest BCUT2D eigenvalue weighted by atomic mass is 32.1. The number of rotatable bonds is 2. The first kappa shape index (κ1) is 11.7. The Balaban J connectivity index is 2.86. The Morgan fingerprint density at radius 3 is 2.29 bits per heavy atom. The molecule has 1 aromatic rings. The van der Waals surface area contributed by atoms with Crippen LogP contribution in [-0.2, 0) is 0 Å². The Morgan fingerprint density at radius 2 is 1.93 bits per heavy atom. The maximum atomic E-state index is 10.2. The van der Waals surface area contributed by atoms with E-state index < -0.39 is 0 Å². The van der Waals surface area contributed by atoms with Gasteiger partial charge >= 0.3 is 0 Å². The Hall–Kier alpha value is -0.340. The highest BCUT2D eigenvalue weighted by Crippen LogP contribution is 2.38. The van der Waals surface area contributed by atoms with E-state index in [1.807, 2.05) is 5.38 Å². The second-order valence-electron chi connectivity index (χ2n) is 5.07. The summed E-state index contributed by atoms with van der Waals surface area (Å²) in [6, 6.07) is 2.07. The van der Waals surface area contributed by atoms with Crippen LogP contribution < -0.4 is 0 Å². The molecule has 14 heavy (non-hydrogen) atoms. The number of aryl methyl sites for hydroxylation is 1. The quantitative estimate of drug-likeness (QED) is 0.791. The van der Waals surface area contributed by atoms with Gasteiger partial charge in [-0.1, -0.05) is 27.7 Å². The summed E-state index contributed by atoms with van der Waals surface area (Å²) in [4.78, 5) is 1.12. The zero-order valence-corrected chi connectivity index (χ0v) is 10.5. The lowest BCUT2D eigenvalue weighted by Crippen LogP contribution is -2.23. The number of thiophene rings is 1. The predicted molar refractivity (Wildman–Crippen MR) is 62.6 cm³/mol. The Morgan fingerprint density at radius 1 is 1.36 bits per heavy atom. The van der Waals surface area contributed by atoms with Gasteiger partial charge in [0.15, 0.2) is 0 Å². The van der Waals surface area contributed by atoms with Crippen molar-refractivity contribution in [3.63, 3.8) is 0 Å². The smallest absolute Gasteiger partial charge is 0.0915 e. The Labute approximate surface area is 90.8 Å². The van der Waals surface area contributed by atoms with Crippen molar-refractivity contribution >= 4 is 11.3 Å². The maximum absolute atomic E-state index is 10.2. The van der Waals surface area contributed by atoms with E-state index in [0.717, 1.165) is 4.88 Å². The topological polar surface area (TPSA) is 20.2 Å². The minimum atomic E-state index is -0.324. The number of aliphatic hydroxyl groups is 1. The first-order valence-electron chi connectivity index (χ1n) is 5.06. The van der Waals surface area contributed by atoms with E-state index >= 15 is 0 Å². The average molecular weight is 212 g/mol. The molecule has 0 bridgehead atoms. The third-order valence-corrected chi connectivity index (χ3v) is 4.10. The lowest BCUT2D eigenvalue weighted by atomic mass is 9.78. The van der Waals surface area contributed by atoms with Crippen LogP contribution in [0.5, 0.6) is 0 Å². The average Bonchev–Trinajstić information content (AvgIpc) is 2.47. The number of aliphatic hydroxyl groups excluding tert-OH is 1. The summed E-state index contributed by atoms with van der Waals surface area (Å²) in [6.45, 7) is 10.7. The molecule has 2 unspecified atom stereocenters. The van der Waals surface area contributed by atoms with Crippen LogP contribution in [0.2, 0.25) is 0 Å². The van der Waals surface area contributed by atoms with Gasteiger partial charge in [-0.25, -0.2) is 0 Å². The van der Waals surface area contributed by atoms with Gasteiger partial charge in [0, 0.05) is 4.88 Å². The molecule has 1 N–H and O–H groups in total. The molecule has 2 heteroatoms. The number of hydrogen-bond acceptors (Lipinski definition) is 2. The molecule has 1 heterocycles. The van der Waals surface area contributed by atoms with Crippen LogP contribution in [0.25, 0.3) is 0 Å². The van der Waals surface area contributed by atoms with Crippen molar-refractivity contribution in [2.24, 2.45) is 11.3 Å². The van der Waals surface area contributed by atoms with Crippen LogP contribution in [0.15, 0.2) is 11.4 Å². The highest BCUT2D eigenvalue weighted by molar-refractivity contribution is 7.10. The van der Waals surface area contributed by atoms with Gasteiger partial charge in [0.25, 0.3) is 0 Å². The van der Waals surface area contributed by atoms with Gasteiger partial charge in [0.05, 0.1) is 6.10 Å². The Kier molecular flexibility index (Phi) is 3.38. The monoisotopic (exact) mass is 212 g/mol. The van der Waals surface area contributed by atoms with Crippen molar-refractivity contribution in [1.29, 1.82) is 0 Å². The first-order valence-corrected chi connectivity index (χ1v) is 5.94. The molecule has 0 radical (unpaired) electrons. The highest BCUT2D eigenvalue weighted by Gasteiger charge is 2.29. The van der Waals surface area contributed by atoms with Gasteiger partial charge in [-0.3, -0.25) is 0 Å². The summed E-state index contributed by atoms with van der Waals surface area (Å²) >= 11 is 1.65. The van der Waals surface area contributed by atoms with Gasteiger partial charge in [0.1, 0.15) is 0 Å².